The molecule has 3 atom stereocenters. The number of rotatable bonds is 6. The minimum absolute atomic E-state index is 0.00172. The molecule has 0 radical (unpaired) electrons. The van der Waals surface area contributed by atoms with Gasteiger partial charge in [-0.25, -0.2) is 13.4 Å². The fourth-order valence-electron chi connectivity index (χ4n) is 4.01. The molecule has 2 saturated heterocycles. The molecule has 0 aromatic carbocycles. The molecular formula is C19H25N5O4S. The number of hydrogen-bond donors (Lipinski definition) is 1. The van der Waals surface area contributed by atoms with Gasteiger partial charge in [-0.15, -0.1) is 0 Å². The van der Waals surface area contributed by atoms with Crippen molar-refractivity contribution in [3.05, 3.63) is 42.6 Å². The number of piperidine rings is 1. The van der Waals surface area contributed by atoms with Crippen LogP contribution in [0.15, 0.2) is 41.9 Å². The monoisotopic (exact) mass is 419 g/mol. The average Bonchev–Trinajstić information content (AvgIpc) is 3.37. The number of pyridine rings is 1. The standard InChI is InChI=1S/C19H25N5O4S/c1-23-12-18(22-13-23)29(26,27)24-11-14(10-17-16(24)6-9-28-17)19(25)21-8-5-15-4-2-3-7-20-15/h2-4,7,12-14,16-17H,5-6,8-11H2,1H3,(H,21,25)/t14-,16+,17+/m0/s1. The lowest BCUT2D eigenvalue weighted by atomic mass is 9.91. The van der Waals surface area contributed by atoms with Gasteiger partial charge >= 0.3 is 0 Å². The lowest BCUT2D eigenvalue weighted by Gasteiger charge is -2.38. The summed E-state index contributed by atoms with van der Waals surface area (Å²) in [5, 5.41) is 2.92. The number of carbonyl (C=O) groups is 1. The largest absolute Gasteiger partial charge is 0.376 e. The molecule has 2 fully saturated rings. The van der Waals surface area contributed by atoms with Gasteiger partial charge in [0.15, 0.2) is 5.03 Å². The number of aryl methyl sites for hydroxylation is 1. The van der Waals surface area contributed by atoms with Crippen LogP contribution in [-0.4, -0.2) is 65.0 Å². The van der Waals surface area contributed by atoms with Crippen LogP contribution in [0.5, 0.6) is 0 Å². The Bertz CT molecular complexity index is 962. The Labute approximate surface area is 170 Å². The first-order chi connectivity index (χ1) is 13.9. The summed E-state index contributed by atoms with van der Waals surface area (Å²) in [4.78, 5) is 21.0. The van der Waals surface area contributed by atoms with E-state index in [-0.39, 0.29) is 29.6 Å². The summed E-state index contributed by atoms with van der Waals surface area (Å²) in [5.74, 6) is -0.618. The Morgan fingerprint density at radius 2 is 2.21 bits per heavy atom. The number of amides is 1. The molecule has 0 spiro atoms. The summed E-state index contributed by atoms with van der Waals surface area (Å²) in [6, 6.07) is 5.41. The van der Waals surface area contributed by atoms with E-state index in [0.29, 0.717) is 32.4 Å². The summed E-state index contributed by atoms with van der Waals surface area (Å²) < 4.78 is 35.1. The third-order valence-corrected chi connectivity index (χ3v) is 7.27. The Balaban J connectivity index is 1.45. The maximum atomic E-state index is 13.2. The van der Waals surface area contributed by atoms with Gasteiger partial charge in [-0.2, -0.15) is 4.31 Å². The molecule has 2 aromatic heterocycles. The van der Waals surface area contributed by atoms with Crippen molar-refractivity contribution in [2.75, 3.05) is 19.7 Å². The van der Waals surface area contributed by atoms with E-state index < -0.39 is 15.9 Å². The van der Waals surface area contributed by atoms with Gasteiger partial charge in [0.05, 0.1) is 24.4 Å². The van der Waals surface area contributed by atoms with Gasteiger partial charge in [0.2, 0.25) is 5.91 Å². The fourth-order valence-corrected chi connectivity index (χ4v) is 5.71. The van der Waals surface area contributed by atoms with Crippen LogP contribution in [0.3, 0.4) is 0 Å². The molecule has 0 saturated carbocycles. The smallest absolute Gasteiger partial charge is 0.262 e. The first-order valence-corrected chi connectivity index (χ1v) is 11.2. The third kappa shape index (κ3) is 4.19. The molecule has 1 amide bonds. The van der Waals surface area contributed by atoms with E-state index in [2.05, 4.69) is 15.3 Å². The quantitative estimate of drug-likeness (QED) is 0.724. The lowest BCUT2D eigenvalue weighted by molar-refractivity contribution is -0.128. The third-order valence-electron chi connectivity index (χ3n) is 5.49. The van der Waals surface area contributed by atoms with E-state index in [4.69, 9.17) is 4.74 Å². The number of carbonyl (C=O) groups excluding carboxylic acids is 1. The van der Waals surface area contributed by atoms with Crippen LogP contribution in [-0.2, 0) is 33.0 Å². The van der Waals surface area contributed by atoms with Crippen molar-refractivity contribution in [3.8, 4) is 0 Å². The van der Waals surface area contributed by atoms with Gasteiger partial charge in [0.25, 0.3) is 10.0 Å². The van der Waals surface area contributed by atoms with Crippen molar-refractivity contribution < 1.29 is 17.9 Å². The summed E-state index contributed by atoms with van der Waals surface area (Å²) in [6.45, 7) is 1.09. The number of nitrogens with one attached hydrogen (secondary N) is 1. The number of sulfonamides is 1. The van der Waals surface area contributed by atoms with Gasteiger partial charge in [0, 0.05) is 51.3 Å². The van der Waals surface area contributed by atoms with Crippen molar-refractivity contribution in [3.63, 3.8) is 0 Å². The fraction of sp³-hybridized carbons (Fsp3) is 0.526. The van der Waals surface area contributed by atoms with E-state index in [0.717, 1.165) is 5.69 Å². The van der Waals surface area contributed by atoms with E-state index >= 15 is 0 Å². The first kappa shape index (κ1) is 20.0. The number of aromatic nitrogens is 3. The van der Waals surface area contributed by atoms with Crippen LogP contribution in [0.1, 0.15) is 18.5 Å². The van der Waals surface area contributed by atoms with Crippen molar-refractivity contribution in [2.45, 2.75) is 36.4 Å². The summed E-state index contributed by atoms with van der Waals surface area (Å²) in [6.07, 6.45) is 6.17. The highest BCUT2D eigenvalue weighted by Gasteiger charge is 2.47. The van der Waals surface area contributed by atoms with Crippen LogP contribution in [0.2, 0.25) is 0 Å². The van der Waals surface area contributed by atoms with Crippen LogP contribution in [0.25, 0.3) is 0 Å². The zero-order valence-corrected chi connectivity index (χ0v) is 17.1. The van der Waals surface area contributed by atoms with Crippen molar-refractivity contribution >= 4 is 15.9 Å². The summed E-state index contributed by atoms with van der Waals surface area (Å²) in [5.41, 5.74) is 0.898. The summed E-state index contributed by atoms with van der Waals surface area (Å²) >= 11 is 0. The highest BCUT2D eigenvalue weighted by Crippen LogP contribution is 2.34. The normalized spacial score (nSPS) is 24.9. The highest BCUT2D eigenvalue weighted by molar-refractivity contribution is 7.89. The Kier molecular flexibility index (Phi) is 5.66. The summed E-state index contributed by atoms with van der Waals surface area (Å²) in [7, 11) is -2.07. The van der Waals surface area contributed by atoms with Crippen LogP contribution in [0, 0.1) is 5.92 Å². The molecule has 9 nitrogen and oxygen atoms in total. The molecule has 4 rings (SSSR count). The van der Waals surface area contributed by atoms with E-state index in [9.17, 15) is 13.2 Å². The van der Waals surface area contributed by atoms with Crippen molar-refractivity contribution in [1.29, 1.82) is 0 Å². The predicted octanol–water partition coefficient (Wildman–Crippen LogP) is 0.342. The molecule has 0 bridgehead atoms. The van der Waals surface area contributed by atoms with Crippen LogP contribution >= 0.6 is 0 Å². The molecule has 2 aliphatic rings. The second kappa shape index (κ2) is 8.21. The average molecular weight is 420 g/mol. The number of nitrogens with zero attached hydrogens (tertiary/aromatic N) is 4. The molecule has 29 heavy (non-hydrogen) atoms. The molecule has 156 valence electrons. The van der Waals surface area contributed by atoms with E-state index in [1.807, 2.05) is 18.2 Å². The first-order valence-electron chi connectivity index (χ1n) is 9.74. The number of ether oxygens (including phenoxy) is 1. The zero-order valence-electron chi connectivity index (χ0n) is 16.3. The molecule has 1 N–H and O–H groups in total. The predicted molar refractivity (Wildman–Crippen MR) is 104 cm³/mol. The van der Waals surface area contributed by atoms with Gasteiger partial charge < -0.3 is 14.6 Å². The van der Waals surface area contributed by atoms with Crippen molar-refractivity contribution in [2.24, 2.45) is 13.0 Å². The molecule has 10 heteroatoms. The van der Waals surface area contributed by atoms with Crippen LogP contribution < -0.4 is 5.32 Å². The maximum absolute atomic E-state index is 13.2. The molecule has 0 unspecified atom stereocenters. The SMILES string of the molecule is Cn1cnc(S(=O)(=O)N2C[C@@H](C(=O)NCCc3ccccn3)C[C@H]3OCC[C@H]32)c1. The van der Waals surface area contributed by atoms with Gasteiger partial charge in [-0.1, -0.05) is 6.07 Å². The molecule has 4 heterocycles. The van der Waals surface area contributed by atoms with E-state index in [1.54, 1.807) is 17.8 Å². The van der Waals surface area contributed by atoms with Crippen LogP contribution in [0.4, 0.5) is 0 Å². The number of imidazole rings is 1. The minimum Gasteiger partial charge on any atom is -0.376 e. The number of hydrogen-bond acceptors (Lipinski definition) is 6. The van der Waals surface area contributed by atoms with E-state index in [1.165, 1.54) is 16.8 Å². The Morgan fingerprint density at radius 3 is 2.93 bits per heavy atom. The number of fused-ring (bicyclic) bond motifs is 1. The molecule has 0 aliphatic carbocycles. The van der Waals surface area contributed by atoms with Gasteiger partial charge in [-0.05, 0) is 25.0 Å². The minimum atomic E-state index is -3.79. The highest BCUT2D eigenvalue weighted by atomic mass is 32.2. The van der Waals surface area contributed by atoms with Crippen molar-refractivity contribution in [1.82, 2.24) is 24.2 Å². The van der Waals surface area contributed by atoms with Gasteiger partial charge in [-0.3, -0.25) is 9.78 Å². The molecule has 2 aliphatic heterocycles. The second-order valence-corrected chi connectivity index (χ2v) is 9.35. The Morgan fingerprint density at radius 1 is 1.34 bits per heavy atom. The zero-order chi connectivity index (χ0) is 20.4. The lowest BCUT2D eigenvalue weighted by Crippen LogP contribution is -2.55. The maximum Gasteiger partial charge on any atom is 0.262 e. The Hall–Kier alpha value is -2.30. The van der Waals surface area contributed by atoms with Gasteiger partial charge in [0.1, 0.15) is 0 Å². The second-order valence-electron chi connectivity index (χ2n) is 7.51. The topological polar surface area (TPSA) is 106 Å². The molecule has 2 aromatic rings. The molecular weight excluding hydrogens is 394 g/mol.